The lowest BCUT2D eigenvalue weighted by Gasteiger charge is -2.06. The van der Waals surface area contributed by atoms with Crippen molar-refractivity contribution in [3.8, 4) is 11.6 Å². The van der Waals surface area contributed by atoms with Crippen LogP contribution < -0.4 is 10.1 Å². The molecule has 0 aliphatic rings. The minimum atomic E-state index is -0.591. The van der Waals surface area contributed by atoms with E-state index in [9.17, 15) is 10.1 Å². The molecule has 0 saturated heterocycles. The van der Waals surface area contributed by atoms with E-state index in [0.717, 1.165) is 10.7 Å². The first kappa shape index (κ1) is 13.2. The number of nitrogens with zero attached hydrogens (tertiary/aromatic N) is 3. The topological polar surface area (TPSA) is 90.2 Å². The summed E-state index contributed by atoms with van der Waals surface area (Å²) in [6, 6.07) is 6.94. The Hall–Kier alpha value is -2.22. The summed E-state index contributed by atoms with van der Waals surface area (Å²) in [6.45, 7) is 0. The molecule has 2 aromatic rings. The second kappa shape index (κ2) is 5.61. The molecule has 0 radical (unpaired) electrons. The third-order valence-electron chi connectivity index (χ3n) is 2.17. The number of nitro groups is 1. The van der Waals surface area contributed by atoms with E-state index in [1.807, 2.05) is 6.07 Å². The van der Waals surface area contributed by atoms with Gasteiger partial charge in [-0.25, -0.2) is 4.98 Å². The van der Waals surface area contributed by atoms with Gasteiger partial charge in [-0.2, -0.15) is 4.98 Å². The summed E-state index contributed by atoms with van der Waals surface area (Å²) in [5.41, 5.74) is -0.293. The zero-order valence-electron chi connectivity index (χ0n) is 9.83. The quantitative estimate of drug-likeness (QED) is 0.686. The maximum atomic E-state index is 10.9. The summed E-state index contributed by atoms with van der Waals surface area (Å²) in [6.07, 6.45) is 1.10. The van der Waals surface area contributed by atoms with Crippen molar-refractivity contribution >= 4 is 27.6 Å². The average molecular weight is 325 g/mol. The maximum absolute atomic E-state index is 10.9. The molecule has 7 nitrogen and oxygen atoms in total. The van der Waals surface area contributed by atoms with E-state index in [1.54, 1.807) is 25.2 Å². The molecule has 1 N–H and O–H groups in total. The number of nitrogens with one attached hydrogen (secondary N) is 1. The normalized spacial score (nSPS) is 10.0. The van der Waals surface area contributed by atoms with Gasteiger partial charge in [-0.1, -0.05) is 22.0 Å². The SMILES string of the molecule is CNc1ncc([N+](=O)[O-])c(Oc2cccc(Br)c2)n1. The van der Waals surface area contributed by atoms with Crippen molar-refractivity contribution in [1.29, 1.82) is 0 Å². The Morgan fingerprint density at radius 3 is 2.89 bits per heavy atom. The first-order valence-corrected chi connectivity index (χ1v) is 6.02. The van der Waals surface area contributed by atoms with Gasteiger partial charge in [-0.15, -0.1) is 0 Å². The number of hydrogen-bond donors (Lipinski definition) is 1. The molecule has 1 heterocycles. The van der Waals surface area contributed by atoms with E-state index in [0.29, 0.717) is 5.75 Å². The number of ether oxygens (including phenoxy) is 1. The fourth-order valence-electron chi connectivity index (χ4n) is 1.32. The number of anilines is 1. The Labute approximate surface area is 116 Å². The van der Waals surface area contributed by atoms with Crippen LogP contribution in [0.5, 0.6) is 11.6 Å². The number of halogens is 1. The lowest BCUT2D eigenvalue weighted by atomic mass is 10.3. The Kier molecular flexibility index (Phi) is 3.91. The first-order chi connectivity index (χ1) is 9.10. The van der Waals surface area contributed by atoms with Crippen LogP contribution in [-0.4, -0.2) is 21.9 Å². The number of rotatable bonds is 4. The van der Waals surface area contributed by atoms with Crippen molar-refractivity contribution in [3.63, 3.8) is 0 Å². The van der Waals surface area contributed by atoms with Gasteiger partial charge in [0.05, 0.1) is 4.92 Å². The summed E-state index contributed by atoms with van der Waals surface area (Å²) in [4.78, 5) is 18.0. The van der Waals surface area contributed by atoms with E-state index in [2.05, 4.69) is 31.2 Å². The summed E-state index contributed by atoms with van der Waals surface area (Å²) >= 11 is 3.29. The highest BCUT2D eigenvalue weighted by Gasteiger charge is 2.19. The molecule has 0 fully saturated rings. The first-order valence-electron chi connectivity index (χ1n) is 5.23. The van der Waals surface area contributed by atoms with Crippen molar-refractivity contribution in [2.24, 2.45) is 0 Å². The van der Waals surface area contributed by atoms with Crippen LogP contribution >= 0.6 is 15.9 Å². The van der Waals surface area contributed by atoms with Gasteiger partial charge in [-0.3, -0.25) is 10.1 Å². The monoisotopic (exact) mass is 324 g/mol. The summed E-state index contributed by atoms with van der Waals surface area (Å²) in [5, 5.41) is 13.6. The van der Waals surface area contributed by atoms with Crippen molar-refractivity contribution in [2.45, 2.75) is 0 Å². The molecule has 19 heavy (non-hydrogen) atoms. The molecule has 0 amide bonds. The molecular weight excluding hydrogens is 316 g/mol. The molecule has 8 heteroatoms. The van der Waals surface area contributed by atoms with Crippen molar-refractivity contribution in [3.05, 3.63) is 45.0 Å². The predicted molar refractivity (Wildman–Crippen MR) is 72.4 cm³/mol. The minimum Gasteiger partial charge on any atom is -0.434 e. The van der Waals surface area contributed by atoms with Gasteiger partial charge in [0.15, 0.2) is 0 Å². The second-order valence-corrected chi connectivity index (χ2v) is 4.37. The van der Waals surface area contributed by atoms with Crippen LogP contribution in [0.2, 0.25) is 0 Å². The Morgan fingerprint density at radius 2 is 2.26 bits per heavy atom. The van der Waals surface area contributed by atoms with Crippen molar-refractivity contribution in [1.82, 2.24) is 9.97 Å². The van der Waals surface area contributed by atoms with E-state index in [-0.39, 0.29) is 17.5 Å². The molecule has 0 aliphatic heterocycles. The molecule has 1 aromatic heterocycles. The molecule has 0 unspecified atom stereocenters. The number of benzene rings is 1. The third kappa shape index (κ3) is 3.16. The zero-order valence-corrected chi connectivity index (χ0v) is 11.4. The van der Waals surface area contributed by atoms with E-state index >= 15 is 0 Å². The summed E-state index contributed by atoms with van der Waals surface area (Å²) in [5.74, 6) is 0.580. The minimum absolute atomic E-state index is 0.109. The van der Waals surface area contributed by atoms with Crippen LogP contribution in [0, 0.1) is 10.1 Å². The van der Waals surface area contributed by atoms with E-state index in [1.165, 1.54) is 0 Å². The van der Waals surface area contributed by atoms with Gasteiger partial charge in [0.2, 0.25) is 5.95 Å². The average Bonchev–Trinajstić information content (AvgIpc) is 2.38. The predicted octanol–water partition coefficient (Wildman–Crippen LogP) is 2.98. The molecule has 0 aliphatic carbocycles. The van der Waals surface area contributed by atoms with Crippen LogP contribution in [-0.2, 0) is 0 Å². The largest absolute Gasteiger partial charge is 0.434 e. The van der Waals surface area contributed by atoms with Gasteiger partial charge in [0.1, 0.15) is 11.9 Å². The van der Waals surface area contributed by atoms with Gasteiger partial charge in [0.25, 0.3) is 0 Å². The third-order valence-corrected chi connectivity index (χ3v) is 2.66. The fraction of sp³-hybridized carbons (Fsp3) is 0.0909. The van der Waals surface area contributed by atoms with Crippen LogP contribution in [0.15, 0.2) is 34.9 Å². The van der Waals surface area contributed by atoms with Gasteiger partial charge in [0, 0.05) is 11.5 Å². The molecule has 0 bridgehead atoms. The van der Waals surface area contributed by atoms with Crippen LogP contribution in [0.4, 0.5) is 11.6 Å². The van der Waals surface area contributed by atoms with Crippen molar-refractivity contribution < 1.29 is 9.66 Å². The molecule has 0 atom stereocenters. The zero-order chi connectivity index (χ0) is 13.8. The lowest BCUT2D eigenvalue weighted by Crippen LogP contribution is -2.01. The molecule has 0 spiro atoms. The molecule has 2 rings (SSSR count). The highest BCUT2D eigenvalue weighted by molar-refractivity contribution is 9.10. The molecule has 98 valence electrons. The summed E-state index contributed by atoms with van der Waals surface area (Å²) in [7, 11) is 1.62. The van der Waals surface area contributed by atoms with Crippen LogP contribution in [0.25, 0.3) is 0 Å². The number of aromatic nitrogens is 2. The maximum Gasteiger partial charge on any atom is 0.349 e. The highest BCUT2D eigenvalue weighted by atomic mass is 79.9. The fourth-order valence-corrected chi connectivity index (χ4v) is 1.70. The van der Waals surface area contributed by atoms with E-state index < -0.39 is 4.92 Å². The van der Waals surface area contributed by atoms with Crippen molar-refractivity contribution in [2.75, 3.05) is 12.4 Å². The summed E-state index contributed by atoms with van der Waals surface area (Å²) < 4.78 is 6.23. The van der Waals surface area contributed by atoms with Gasteiger partial charge >= 0.3 is 11.6 Å². The standard InChI is InChI=1S/C11H9BrN4O3/c1-13-11-14-6-9(16(17)18)10(15-11)19-8-4-2-3-7(12)5-8/h2-6H,1H3,(H,13,14,15). The smallest absolute Gasteiger partial charge is 0.349 e. The molecule has 0 saturated carbocycles. The van der Waals surface area contributed by atoms with E-state index in [4.69, 9.17) is 4.74 Å². The van der Waals surface area contributed by atoms with Gasteiger partial charge in [-0.05, 0) is 18.2 Å². The lowest BCUT2D eigenvalue weighted by molar-refractivity contribution is -0.386. The van der Waals surface area contributed by atoms with Gasteiger partial charge < -0.3 is 10.1 Å². The second-order valence-electron chi connectivity index (χ2n) is 3.45. The van der Waals surface area contributed by atoms with Crippen LogP contribution in [0.1, 0.15) is 0 Å². The Bertz CT molecular complexity index is 621. The van der Waals surface area contributed by atoms with Crippen LogP contribution in [0.3, 0.4) is 0 Å². The Morgan fingerprint density at radius 1 is 1.47 bits per heavy atom. The Balaban J connectivity index is 2.39. The molecule has 1 aromatic carbocycles. The highest BCUT2D eigenvalue weighted by Crippen LogP contribution is 2.30. The number of hydrogen-bond acceptors (Lipinski definition) is 6. The molecular formula is C11H9BrN4O3.